The minimum atomic E-state index is -2.95. The molecule has 2 unspecified atom stereocenters. The second-order valence-electron chi connectivity index (χ2n) is 3.58. The average Bonchev–Trinajstić information content (AvgIpc) is 2.27. The first-order valence-corrected chi connectivity index (χ1v) is 5.83. The molecule has 1 heterocycles. The molecule has 1 saturated heterocycles. The van der Waals surface area contributed by atoms with Crippen LogP contribution in [0.15, 0.2) is 0 Å². The first-order chi connectivity index (χ1) is 5.42. The van der Waals surface area contributed by atoms with Gasteiger partial charge in [-0.05, 0) is 13.3 Å². The summed E-state index contributed by atoms with van der Waals surface area (Å²) in [5.41, 5.74) is 4.88. The lowest BCUT2D eigenvalue weighted by Gasteiger charge is -2.28. The van der Waals surface area contributed by atoms with E-state index < -0.39 is 21.4 Å². The first kappa shape index (κ1) is 9.95. The first-order valence-electron chi connectivity index (χ1n) is 4.00. The van der Waals surface area contributed by atoms with E-state index in [1.807, 2.05) is 0 Å². The molecule has 0 spiro atoms. The lowest BCUT2D eigenvalue weighted by molar-refractivity contribution is 0.0641. The zero-order valence-electron chi connectivity index (χ0n) is 7.16. The van der Waals surface area contributed by atoms with Gasteiger partial charge in [-0.1, -0.05) is 0 Å². The lowest BCUT2D eigenvalue weighted by Crippen LogP contribution is -2.41. The van der Waals surface area contributed by atoms with Gasteiger partial charge in [0.1, 0.15) is 0 Å². The molecule has 72 valence electrons. The summed E-state index contributed by atoms with van der Waals surface area (Å²) in [4.78, 5) is 0. The molecule has 0 bridgehead atoms. The van der Waals surface area contributed by atoms with Crippen LogP contribution >= 0.6 is 0 Å². The highest BCUT2D eigenvalue weighted by Crippen LogP contribution is 2.34. The van der Waals surface area contributed by atoms with E-state index >= 15 is 0 Å². The Morgan fingerprint density at radius 2 is 2.25 bits per heavy atom. The molecule has 0 amide bonds. The van der Waals surface area contributed by atoms with Crippen LogP contribution in [0.3, 0.4) is 0 Å². The van der Waals surface area contributed by atoms with Gasteiger partial charge < -0.3 is 10.8 Å². The number of hydrogen-bond acceptors (Lipinski definition) is 4. The maximum absolute atomic E-state index is 11.1. The number of sulfone groups is 1. The number of hydrogen-bond donors (Lipinski definition) is 2. The van der Waals surface area contributed by atoms with E-state index in [1.54, 1.807) is 6.92 Å². The van der Waals surface area contributed by atoms with Gasteiger partial charge in [-0.3, -0.25) is 0 Å². The molecule has 4 nitrogen and oxygen atoms in total. The molecular weight excluding hydrogens is 178 g/mol. The van der Waals surface area contributed by atoms with E-state index in [-0.39, 0.29) is 18.1 Å². The van der Waals surface area contributed by atoms with Crippen LogP contribution in [-0.4, -0.2) is 37.7 Å². The fourth-order valence-corrected chi connectivity index (χ4v) is 3.84. The molecule has 1 aliphatic rings. The quantitative estimate of drug-likeness (QED) is 0.597. The smallest absolute Gasteiger partial charge is 0.151 e. The summed E-state index contributed by atoms with van der Waals surface area (Å²) in [6.45, 7) is 1.84. The molecule has 0 aliphatic carbocycles. The monoisotopic (exact) mass is 193 g/mol. The third kappa shape index (κ3) is 1.62. The van der Waals surface area contributed by atoms with Crippen LogP contribution in [0, 0.1) is 5.41 Å². The van der Waals surface area contributed by atoms with Crippen LogP contribution < -0.4 is 5.73 Å². The Morgan fingerprint density at radius 3 is 2.42 bits per heavy atom. The van der Waals surface area contributed by atoms with Crippen molar-refractivity contribution in [3.05, 3.63) is 0 Å². The molecule has 12 heavy (non-hydrogen) atoms. The largest absolute Gasteiger partial charge is 0.393 e. The van der Waals surface area contributed by atoms with E-state index in [4.69, 9.17) is 5.73 Å². The molecule has 0 aromatic rings. The average molecular weight is 193 g/mol. The molecule has 0 saturated carbocycles. The van der Waals surface area contributed by atoms with Gasteiger partial charge in [-0.2, -0.15) is 0 Å². The van der Waals surface area contributed by atoms with Crippen molar-refractivity contribution in [3.63, 3.8) is 0 Å². The van der Waals surface area contributed by atoms with E-state index in [1.165, 1.54) is 0 Å². The third-order valence-electron chi connectivity index (χ3n) is 2.71. The third-order valence-corrected chi connectivity index (χ3v) is 4.55. The Hall–Kier alpha value is -0.130. The van der Waals surface area contributed by atoms with Crippen LogP contribution in [0.25, 0.3) is 0 Å². The van der Waals surface area contributed by atoms with Gasteiger partial charge in [0, 0.05) is 12.0 Å². The number of nitrogens with two attached hydrogens (primary N) is 1. The van der Waals surface area contributed by atoms with E-state index in [0.717, 1.165) is 0 Å². The van der Waals surface area contributed by atoms with Crippen molar-refractivity contribution in [1.82, 2.24) is 0 Å². The molecule has 3 N–H and O–H groups in total. The van der Waals surface area contributed by atoms with E-state index in [9.17, 15) is 13.5 Å². The van der Waals surface area contributed by atoms with Crippen LogP contribution in [-0.2, 0) is 9.84 Å². The second-order valence-corrected chi connectivity index (χ2v) is 5.77. The minimum Gasteiger partial charge on any atom is -0.393 e. The zero-order chi connectivity index (χ0) is 9.41. The fraction of sp³-hybridized carbons (Fsp3) is 1.00. The molecule has 5 heteroatoms. The molecule has 1 rings (SSSR count). The zero-order valence-corrected chi connectivity index (χ0v) is 7.97. The van der Waals surface area contributed by atoms with Crippen LogP contribution in [0.1, 0.15) is 13.3 Å². The highest BCUT2D eigenvalue weighted by Gasteiger charge is 2.44. The molecule has 0 aromatic carbocycles. The molecular formula is C7H15NO3S. The van der Waals surface area contributed by atoms with Gasteiger partial charge in [-0.25, -0.2) is 8.42 Å². The summed E-state index contributed by atoms with van der Waals surface area (Å²) >= 11 is 0. The fourth-order valence-electron chi connectivity index (χ4n) is 1.60. The van der Waals surface area contributed by atoms with E-state index in [0.29, 0.717) is 6.42 Å². The highest BCUT2D eigenvalue weighted by atomic mass is 32.2. The normalized spacial score (nSPS) is 36.6. The SMILES string of the molecule is CC(O)C1(CN)CCS(=O)(=O)C1. The van der Waals surface area contributed by atoms with Crippen LogP contribution in [0.2, 0.25) is 0 Å². The van der Waals surface area contributed by atoms with Gasteiger partial charge >= 0.3 is 0 Å². The number of aliphatic hydroxyl groups is 1. The van der Waals surface area contributed by atoms with Gasteiger partial charge in [-0.15, -0.1) is 0 Å². The van der Waals surface area contributed by atoms with Crippen molar-refractivity contribution >= 4 is 9.84 Å². The Balaban J connectivity index is 2.87. The molecule has 1 aliphatic heterocycles. The summed E-state index contributed by atoms with van der Waals surface area (Å²) < 4.78 is 22.3. The molecule has 2 atom stereocenters. The van der Waals surface area contributed by atoms with Gasteiger partial charge in [0.05, 0.1) is 17.6 Å². The van der Waals surface area contributed by atoms with Gasteiger partial charge in [0.25, 0.3) is 0 Å². The van der Waals surface area contributed by atoms with Crippen molar-refractivity contribution in [3.8, 4) is 0 Å². The number of aliphatic hydroxyl groups excluding tert-OH is 1. The summed E-state index contributed by atoms with van der Waals surface area (Å²) in [5.74, 6) is 0.198. The Morgan fingerprint density at radius 1 is 1.67 bits per heavy atom. The van der Waals surface area contributed by atoms with Crippen molar-refractivity contribution in [1.29, 1.82) is 0 Å². The van der Waals surface area contributed by atoms with Crippen molar-refractivity contribution in [2.24, 2.45) is 11.1 Å². The van der Waals surface area contributed by atoms with Crippen LogP contribution in [0.5, 0.6) is 0 Å². The summed E-state index contributed by atoms with van der Waals surface area (Å²) in [5, 5.41) is 9.39. The predicted octanol–water partition coefficient (Wildman–Crippen LogP) is -0.869. The minimum absolute atomic E-state index is 0.0359. The number of rotatable bonds is 2. The lowest BCUT2D eigenvalue weighted by atomic mass is 9.82. The van der Waals surface area contributed by atoms with E-state index in [2.05, 4.69) is 0 Å². The van der Waals surface area contributed by atoms with Gasteiger partial charge in [0.15, 0.2) is 9.84 Å². The maximum Gasteiger partial charge on any atom is 0.151 e. The highest BCUT2D eigenvalue weighted by molar-refractivity contribution is 7.91. The summed E-state index contributed by atoms with van der Waals surface area (Å²) in [6.07, 6.45) is -0.150. The Labute approximate surface area is 72.7 Å². The topological polar surface area (TPSA) is 80.4 Å². The van der Waals surface area contributed by atoms with Crippen molar-refractivity contribution < 1.29 is 13.5 Å². The second kappa shape index (κ2) is 2.97. The molecule has 0 radical (unpaired) electrons. The van der Waals surface area contributed by atoms with Gasteiger partial charge in [0.2, 0.25) is 0 Å². The molecule has 1 fully saturated rings. The predicted molar refractivity (Wildman–Crippen MR) is 46.4 cm³/mol. The van der Waals surface area contributed by atoms with Crippen LogP contribution in [0.4, 0.5) is 0 Å². The van der Waals surface area contributed by atoms with Crippen molar-refractivity contribution in [2.75, 3.05) is 18.1 Å². The van der Waals surface area contributed by atoms with Crippen molar-refractivity contribution in [2.45, 2.75) is 19.4 Å². The Kier molecular flexibility index (Phi) is 2.47. The molecule has 0 aromatic heterocycles. The summed E-state index contributed by atoms with van der Waals surface area (Å²) in [6, 6.07) is 0. The maximum atomic E-state index is 11.1. The summed E-state index contributed by atoms with van der Waals surface area (Å²) in [7, 11) is -2.95. The standard InChI is InChI=1S/C7H15NO3S/c1-6(9)7(4-8)2-3-12(10,11)5-7/h6,9H,2-5,8H2,1H3. The Bertz CT molecular complexity index is 260.